The Bertz CT molecular complexity index is 602. The van der Waals surface area contributed by atoms with E-state index in [1.54, 1.807) is 0 Å². The highest BCUT2D eigenvalue weighted by molar-refractivity contribution is 5.97. The zero-order valence-electron chi connectivity index (χ0n) is 14.0. The molecular weight excluding hydrogens is 304 g/mol. The van der Waals surface area contributed by atoms with Crippen molar-refractivity contribution < 1.29 is 14.6 Å². The maximum atomic E-state index is 12.8. The topological polar surface area (TPSA) is 61.8 Å². The van der Waals surface area contributed by atoms with Gasteiger partial charge in [-0.3, -0.25) is 9.69 Å². The lowest BCUT2D eigenvalue weighted by molar-refractivity contribution is 0.0901. The molecule has 1 aromatic rings. The van der Waals surface area contributed by atoms with Gasteiger partial charge in [0.05, 0.1) is 17.8 Å². The highest BCUT2D eigenvalue weighted by Gasteiger charge is 2.36. The van der Waals surface area contributed by atoms with Crippen LogP contribution in [0.1, 0.15) is 48.9 Å². The summed E-state index contributed by atoms with van der Waals surface area (Å²) in [6.07, 6.45) is 6.30. The number of carbonyl (C=O) groups excluding carboxylic acids is 1. The summed E-state index contributed by atoms with van der Waals surface area (Å²) in [6, 6.07) is 8.04. The number of benzene rings is 1. The number of nitrogens with zero attached hydrogens (tertiary/aromatic N) is 1. The van der Waals surface area contributed by atoms with E-state index in [1.165, 1.54) is 0 Å². The Hall–Kier alpha value is -1.59. The number of para-hydroxylation sites is 1. The fourth-order valence-electron chi connectivity index (χ4n) is 3.98. The molecule has 3 aliphatic rings. The Morgan fingerprint density at radius 1 is 1.17 bits per heavy atom. The average Bonchev–Trinajstić information content (AvgIpc) is 3.10. The summed E-state index contributed by atoms with van der Waals surface area (Å²) in [6.45, 7) is 1.66. The summed E-state index contributed by atoms with van der Waals surface area (Å²) < 4.78 is 5.88. The van der Waals surface area contributed by atoms with Crippen LogP contribution in [0.2, 0.25) is 0 Å². The summed E-state index contributed by atoms with van der Waals surface area (Å²) in [7, 11) is 0. The lowest BCUT2D eigenvalue weighted by Gasteiger charge is -2.30. The van der Waals surface area contributed by atoms with Gasteiger partial charge in [-0.1, -0.05) is 12.1 Å². The molecule has 5 nitrogen and oxygen atoms in total. The van der Waals surface area contributed by atoms with E-state index in [2.05, 4.69) is 10.2 Å². The third kappa shape index (κ3) is 3.42. The average molecular weight is 330 g/mol. The van der Waals surface area contributed by atoms with Crippen LogP contribution in [0.4, 0.5) is 0 Å². The molecule has 3 atom stereocenters. The van der Waals surface area contributed by atoms with Gasteiger partial charge < -0.3 is 15.2 Å². The van der Waals surface area contributed by atoms with Crippen LogP contribution in [-0.2, 0) is 0 Å². The van der Waals surface area contributed by atoms with Gasteiger partial charge in [-0.05, 0) is 50.7 Å². The van der Waals surface area contributed by atoms with Crippen molar-refractivity contribution in [2.24, 2.45) is 0 Å². The van der Waals surface area contributed by atoms with E-state index in [9.17, 15) is 9.90 Å². The molecule has 1 amide bonds. The minimum absolute atomic E-state index is 0.0390. The maximum Gasteiger partial charge on any atom is 0.255 e. The number of hydrogen-bond acceptors (Lipinski definition) is 4. The van der Waals surface area contributed by atoms with Crippen molar-refractivity contribution in [3.05, 3.63) is 29.8 Å². The van der Waals surface area contributed by atoms with Gasteiger partial charge in [0.1, 0.15) is 5.75 Å². The number of rotatable bonds is 5. The van der Waals surface area contributed by atoms with Crippen molar-refractivity contribution in [3.8, 4) is 5.75 Å². The molecule has 2 saturated carbocycles. The van der Waals surface area contributed by atoms with Crippen LogP contribution in [0.15, 0.2) is 24.3 Å². The number of nitrogens with one attached hydrogen (secondary N) is 1. The largest absolute Gasteiger partial charge is 0.490 e. The van der Waals surface area contributed by atoms with Crippen LogP contribution in [-0.4, -0.2) is 53.3 Å². The van der Waals surface area contributed by atoms with Crippen LogP contribution in [0.5, 0.6) is 5.75 Å². The normalized spacial score (nSPS) is 30.5. The first-order valence-corrected chi connectivity index (χ1v) is 9.19. The molecule has 1 aliphatic heterocycles. The van der Waals surface area contributed by atoms with Gasteiger partial charge in [0, 0.05) is 25.2 Å². The molecular formula is C19H26N2O3. The number of β-amino-alcohol motifs (C(OH)–C–C–N with tert-alkyl or cyclic N) is 1. The lowest BCUT2D eigenvalue weighted by Crippen LogP contribution is -2.48. The summed E-state index contributed by atoms with van der Waals surface area (Å²) in [5.41, 5.74) is 0.636. The van der Waals surface area contributed by atoms with Crippen molar-refractivity contribution in [1.29, 1.82) is 0 Å². The summed E-state index contributed by atoms with van der Waals surface area (Å²) in [5, 5.41) is 13.0. The lowest BCUT2D eigenvalue weighted by atomic mass is 10.1. The molecule has 1 aromatic carbocycles. The van der Waals surface area contributed by atoms with Crippen molar-refractivity contribution >= 4 is 5.91 Å². The fourth-order valence-corrected chi connectivity index (χ4v) is 3.98. The van der Waals surface area contributed by atoms with Crippen LogP contribution >= 0.6 is 0 Å². The van der Waals surface area contributed by atoms with Crippen LogP contribution < -0.4 is 10.1 Å². The van der Waals surface area contributed by atoms with Crippen molar-refractivity contribution in [1.82, 2.24) is 10.2 Å². The number of hydrogen-bond donors (Lipinski definition) is 2. The molecule has 0 bridgehead atoms. The molecule has 1 unspecified atom stereocenters. The van der Waals surface area contributed by atoms with Crippen LogP contribution in [0.25, 0.3) is 0 Å². The van der Waals surface area contributed by atoms with E-state index in [-0.39, 0.29) is 24.2 Å². The van der Waals surface area contributed by atoms with Crippen molar-refractivity contribution in [2.45, 2.75) is 62.8 Å². The smallest absolute Gasteiger partial charge is 0.255 e. The quantitative estimate of drug-likeness (QED) is 0.866. The minimum Gasteiger partial charge on any atom is -0.490 e. The standard InChI is InChI=1S/C19H26N2O3/c22-13-10-11-21(12-13)17-6-3-5-16(17)20-19(23)15-4-1-2-7-18(15)24-14-8-9-14/h1-2,4,7,13-14,16-17,22H,3,5-6,8-12H2,(H,20,23)/t13?,16-,17+/m1/s1. The molecule has 0 spiro atoms. The zero-order chi connectivity index (χ0) is 16.5. The fraction of sp³-hybridized carbons (Fsp3) is 0.632. The molecule has 5 heteroatoms. The van der Waals surface area contributed by atoms with E-state index < -0.39 is 0 Å². The van der Waals surface area contributed by atoms with E-state index in [1.807, 2.05) is 24.3 Å². The number of likely N-dealkylation sites (tertiary alicyclic amines) is 1. The molecule has 24 heavy (non-hydrogen) atoms. The Morgan fingerprint density at radius 2 is 2.00 bits per heavy atom. The van der Waals surface area contributed by atoms with E-state index in [0.29, 0.717) is 17.4 Å². The summed E-state index contributed by atoms with van der Waals surface area (Å²) in [4.78, 5) is 15.1. The molecule has 0 aromatic heterocycles. The third-order valence-electron chi connectivity index (χ3n) is 5.41. The first-order chi connectivity index (χ1) is 11.7. The predicted molar refractivity (Wildman–Crippen MR) is 91.2 cm³/mol. The number of carbonyl (C=O) groups is 1. The van der Waals surface area contributed by atoms with Crippen molar-refractivity contribution in [2.75, 3.05) is 13.1 Å². The Kier molecular flexibility index (Phi) is 4.46. The van der Waals surface area contributed by atoms with Gasteiger partial charge in [-0.2, -0.15) is 0 Å². The first kappa shape index (κ1) is 15.9. The Morgan fingerprint density at radius 3 is 2.75 bits per heavy atom. The molecule has 2 aliphatic carbocycles. The zero-order valence-corrected chi connectivity index (χ0v) is 14.0. The minimum atomic E-state index is -0.213. The molecule has 1 heterocycles. The van der Waals surface area contributed by atoms with E-state index >= 15 is 0 Å². The second kappa shape index (κ2) is 6.73. The molecule has 2 N–H and O–H groups in total. The van der Waals surface area contributed by atoms with Gasteiger partial charge in [0.15, 0.2) is 0 Å². The SMILES string of the molecule is O=C(N[C@@H]1CCC[C@@H]1N1CCC(O)C1)c1ccccc1OC1CC1. The van der Waals surface area contributed by atoms with Crippen LogP contribution in [0.3, 0.4) is 0 Å². The second-order valence-corrected chi connectivity index (χ2v) is 7.33. The molecule has 4 rings (SSSR count). The number of ether oxygens (including phenoxy) is 1. The third-order valence-corrected chi connectivity index (χ3v) is 5.41. The van der Waals surface area contributed by atoms with Crippen molar-refractivity contribution in [3.63, 3.8) is 0 Å². The van der Waals surface area contributed by atoms with Gasteiger partial charge in [-0.25, -0.2) is 0 Å². The highest BCUT2D eigenvalue weighted by atomic mass is 16.5. The Labute approximate surface area is 143 Å². The molecule has 1 saturated heterocycles. The van der Waals surface area contributed by atoms with Gasteiger partial charge in [0.2, 0.25) is 0 Å². The van der Waals surface area contributed by atoms with E-state index in [4.69, 9.17) is 4.74 Å². The maximum absolute atomic E-state index is 12.8. The first-order valence-electron chi connectivity index (χ1n) is 9.19. The molecule has 3 fully saturated rings. The monoisotopic (exact) mass is 330 g/mol. The number of aliphatic hydroxyl groups excluding tert-OH is 1. The highest BCUT2D eigenvalue weighted by Crippen LogP contribution is 2.30. The second-order valence-electron chi connectivity index (χ2n) is 7.33. The van der Waals surface area contributed by atoms with Gasteiger partial charge in [0.25, 0.3) is 5.91 Å². The van der Waals surface area contributed by atoms with Gasteiger partial charge in [-0.15, -0.1) is 0 Å². The molecule has 130 valence electrons. The number of amides is 1. The van der Waals surface area contributed by atoms with Crippen LogP contribution in [0, 0.1) is 0 Å². The Balaban J connectivity index is 1.43. The predicted octanol–water partition coefficient (Wildman–Crippen LogP) is 1.95. The summed E-state index contributed by atoms with van der Waals surface area (Å²) >= 11 is 0. The summed E-state index contributed by atoms with van der Waals surface area (Å²) in [5.74, 6) is 0.659. The number of aliphatic hydroxyl groups is 1. The van der Waals surface area contributed by atoms with E-state index in [0.717, 1.165) is 51.6 Å². The molecule has 0 radical (unpaired) electrons. The van der Waals surface area contributed by atoms with Gasteiger partial charge >= 0.3 is 0 Å².